The monoisotopic (exact) mass is 1400 g/mol. The number of hydrogen-bond donors (Lipinski definition) is 1. The number of pyridine rings is 3. The van der Waals surface area contributed by atoms with Gasteiger partial charge in [0.15, 0.2) is 0 Å². The Balaban J connectivity index is 0.000000192. The summed E-state index contributed by atoms with van der Waals surface area (Å²) >= 11 is 0. The Hall–Kier alpha value is -11.1. The predicted octanol–water partition coefficient (Wildman–Crippen LogP) is 21.1. The van der Waals surface area contributed by atoms with Crippen LogP contribution in [0.3, 0.4) is 0 Å². The molecular weight excluding hydrogens is 1300 g/mol. The number of ether oxygens (including phenoxy) is 4. The summed E-state index contributed by atoms with van der Waals surface area (Å²) < 4.78 is 21.3. The average molecular weight is 1400 g/mol. The van der Waals surface area contributed by atoms with Gasteiger partial charge in [-0.1, -0.05) is 224 Å². The fourth-order valence-corrected chi connectivity index (χ4v) is 12.8. The number of hydrogen-bond acceptors (Lipinski definition) is 11. The molecule has 11 heteroatoms. The van der Waals surface area contributed by atoms with Gasteiger partial charge in [0.2, 0.25) is 0 Å². The lowest BCUT2D eigenvalue weighted by atomic mass is 9.71. The number of nitrogens with zero attached hydrogens (tertiary/aromatic N) is 3. The van der Waals surface area contributed by atoms with E-state index < -0.39 is 0 Å². The summed E-state index contributed by atoms with van der Waals surface area (Å²) in [6.45, 7) is 24.1. The maximum atomic E-state index is 11.5. The predicted molar refractivity (Wildman–Crippen MR) is 427 cm³/mol. The van der Waals surface area contributed by atoms with Gasteiger partial charge < -0.3 is 23.7 Å². The van der Waals surface area contributed by atoms with E-state index in [9.17, 15) is 4.79 Å². The van der Waals surface area contributed by atoms with Crippen LogP contribution in [0.4, 0.5) is 0 Å². The third kappa shape index (κ3) is 20.8. The molecule has 9 aromatic carbocycles. The highest BCUT2D eigenvalue weighted by Crippen LogP contribution is 2.43. The van der Waals surface area contributed by atoms with E-state index in [1.165, 1.54) is 100 Å². The van der Waals surface area contributed by atoms with Gasteiger partial charge in [-0.2, -0.15) is 0 Å². The van der Waals surface area contributed by atoms with E-state index >= 15 is 0 Å². The van der Waals surface area contributed by atoms with Crippen molar-refractivity contribution >= 4 is 12.3 Å². The zero-order valence-corrected chi connectivity index (χ0v) is 62.5. The Labute approximate surface area is 623 Å². The lowest BCUT2D eigenvalue weighted by Gasteiger charge is -2.32. The number of aldehydes is 1. The van der Waals surface area contributed by atoms with Crippen molar-refractivity contribution in [2.24, 2.45) is 0 Å². The molecule has 0 radical (unpaired) electrons. The van der Waals surface area contributed by atoms with Crippen LogP contribution >= 0.6 is 0 Å². The minimum absolute atomic E-state index is 0. The maximum absolute atomic E-state index is 11.5. The molecular formula is C94H103N3O8. The number of rotatable bonds is 22. The maximum Gasteiger partial charge on any atom is 0.309 e. The Morgan fingerprint density at radius 3 is 0.800 bits per heavy atom. The van der Waals surface area contributed by atoms with Crippen LogP contribution in [0.1, 0.15) is 156 Å². The smallest absolute Gasteiger partial charge is 0.309 e. The zero-order valence-electron chi connectivity index (χ0n) is 62.5. The molecule has 3 atom stereocenters. The van der Waals surface area contributed by atoms with Crippen molar-refractivity contribution in [1.29, 1.82) is 0 Å². The number of aromatic nitrogens is 3. The number of esters is 1. The quantitative estimate of drug-likeness (QED) is 0.0228. The van der Waals surface area contributed by atoms with Crippen LogP contribution in [0.2, 0.25) is 0 Å². The number of methoxy groups -OCH3 is 2. The van der Waals surface area contributed by atoms with Gasteiger partial charge in [0.25, 0.3) is 0 Å². The van der Waals surface area contributed by atoms with E-state index in [0.717, 1.165) is 23.7 Å². The van der Waals surface area contributed by atoms with Gasteiger partial charge in [0.1, 0.15) is 30.1 Å². The molecule has 12 aromatic rings. The van der Waals surface area contributed by atoms with Crippen molar-refractivity contribution in [3.63, 3.8) is 0 Å². The Bertz CT molecular complexity index is 4320. The van der Waals surface area contributed by atoms with Crippen molar-refractivity contribution in [3.8, 4) is 17.2 Å². The molecule has 3 aromatic heterocycles. The van der Waals surface area contributed by atoms with Crippen LogP contribution < -0.4 is 14.2 Å². The molecule has 0 aliphatic rings. The minimum atomic E-state index is -0.288. The van der Waals surface area contributed by atoms with Crippen LogP contribution in [0.15, 0.2) is 292 Å². The molecule has 0 aliphatic heterocycles. The highest BCUT2D eigenvalue weighted by molar-refractivity contribution is 5.69. The second-order valence-corrected chi connectivity index (χ2v) is 26.4. The van der Waals surface area contributed by atoms with Crippen molar-refractivity contribution in [1.82, 2.24) is 15.0 Å². The summed E-state index contributed by atoms with van der Waals surface area (Å²) in [5.41, 5.74) is 21.7. The van der Waals surface area contributed by atoms with Crippen LogP contribution in [0.5, 0.6) is 17.2 Å². The number of carbonyl (C=O) groups is 2. The molecule has 542 valence electrons. The van der Waals surface area contributed by atoms with E-state index in [1.54, 1.807) is 21.1 Å². The molecule has 0 aliphatic carbocycles. The molecule has 0 fully saturated rings. The molecule has 105 heavy (non-hydrogen) atoms. The Morgan fingerprint density at radius 2 is 0.590 bits per heavy atom. The average Bonchev–Trinajstić information content (AvgIpc) is 0.791. The third-order valence-corrected chi connectivity index (χ3v) is 19.6. The first-order chi connectivity index (χ1) is 50.3. The lowest BCUT2D eigenvalue weighted by molar-refractivity contribution is -0.234. The van der Waals surface area contributed by atoms with Gasteiger partial charge in [-0.15, -0.1) is 0 Å². The number of carbonyl (C=O) groups excluding carboxylic acids is 2. The molecule has 0 saturated carbocycles. The fourth-order valence-electron chi connectivity index (χ4n) is 12.8. The van der Waals surface area contributed by atoms with Crippen molar-refractivity contribution in [2.45, 2.75) is 118 Å². The summed E-state index contributed by atoms with van der Waals surface area (Å²) in [7, 11) is 3.38. The van der Waals surface area contributed by atoms with Crippen molar-refractivity contribution in [2.75, 3.05) is 34.0 Å². The van der Waals surface area contributed by atoms with Crippen LogP contribution in [-0.2, 0) is 47.3 Å². The first kappa shape index (κ1) is 81.2. The second kappa shape index (κ2) is 39.5. The van der Waals surface area contributed by atoms with E-state index in [1.807, 2.05) is 73.6 Å². The van der Waals surface area contributed by atoms with Crippen molar-refractivity contribution in [3.05, 3.63) is 392 Å². The molecule has 0 amide bonds. The van der Waals surface area contributed by atoms with E-state index in [2.05, 4.69) is 307 Å². The topological polar surface area (TPSA) is 139 Å². The second-order valence-electron chi connectivity index (χ2n) is 26.4. The Morgan fingerprint density at radius 1 is 0.362 bits per heavy atom. The first-order valence-corrected chi connectivity index (χ1v) is 35.3. The molecule has 0 saturated heterocycles. The highest BCUT2D eigenvalue weighted by atomic mass is 17.1. The summed E-state index contributed by atoms with van der Waals surface area (Å²) in [6.07, 6.45) is 12.9. The minimum Gasteiger partial charge on any atom is -0.497 e. The zero-order chi connectivity index (χ0) is 74.5. The van der Waals surface area contributed by atoms with E-state index in [0.29, 0.717) is 19.5 Å². The van der Waals surface area contributed by atoms with E-state index in [4.69, 9.17) is 29.0 Å². The van der Waals surface area contributed by atoms with Gasteiger partial charge in [0, 0.05) is 58.8 Å². The summed E-state index contributed by atoms with van der Waals surface area (Å²) in [4.78, 5) is 36.5. The molecule has 3 heterocycles. The van der Waals surface area contributed by atoms with Gasteiger partial charge in [-0.25, -0.2) is 4.89 Å². The number of aryl methyl sites for hydroxylation is 6. The molecule has 0 unspecified atom stereocenters. The number of benzene rings is 9. The standard InChI is InChI=1S/C28H32O3.2C21H21NO.C21H21N.C2H4O3.CH4/c1-5-22-9-13-24(14-10-22)28(4,23-11-7-21(3)8-12-23)25-15-17-26(18-16-25)31-20-19-27(29)30-6-2;2*1-16-4-6-17(7-5-16)21(2,19-12-14-22-15-13-19)18-8-10-20(23-3)11-9-18;1-16-4-8-18(9-5-16)21(3,20-12-14-22-15-13-20)19-10-6-17(2)7-11-19;3-1-2-5-4;/h7-18H,5-6,19-20H2,1-4H3;2*4-15H,1-3H3;4-15H,1-3H3;1,4H,2H2;1H4/t28-;2*21-;;;/m011.../s1. The Kier molecular flexibility index (Phi) is 30.6. The van der Waals surface area contributed by atoms with Gasteiger partial charge in [0.05, 0.1) is 33.9 Å². The summed E-state index contributed by atoms with van der Waals surface area (Å²) in [6, 6.07) is 90.2. The third-order valence-electron chi connectivity index (χ3n) is 19.6. The normalized spacial score (nSPS) is 12.4. The summed E-state index contributed by atoms with van der Waals surface area (Å²) in [5, 5.41) is 7.34. The van der Waals surface area contributed by atoms with Gasteiger partial charge >= 0.3 is 5.97 Å². The largest absolute Gasteiger partial charge is 0.497 e. The summed E-state index contributed by atoms with van der Waals surface area (Å²) in [5.74, 6) is 2.26. The molecule has 0 spiro atoms. The van der Waals surface area contributed by atoms with Gasteiger partial charge in [-0.3, -0.25) is 25.0 Å². The van der Waals surface area contributed by atoms with Gasteiger partial charge in [-0.05, 0) is 221 Å². The molecule has 12 rings (SSSR count). The molecule has 1 N–H and O–H groups in total. The lowest BCUT2D eigenvalue weighted by Crippen LogP contribution is -2.25. The highest BCUT2D eigenvalue weighted by Gasteiger charge is 2.35. The van der Waals surface area contributed by atoms with E-state index in [-0.39, 0.29) is 48.1 Å². The van der Waals surface area contributed by atoms with Crippen LogP contribution in [0.25, 0.3) is 0 Å². The molecule has 11 nitrogen and oxygen atoms in total. The van der Waals surface area contributed by atoms with Crippen LogP contribution in [0, 0.1) is 34.6 Å². The molecule has 0 bridgehead atoms. The fraction of sp³-hybridized carbons (Fsp3) is 0.245. The first-order valence-electron chi connectivity index (χ1n) is 35.3. The van der Waals surface area contributed by atoms with Crippen LogP contribution in [-0.4, -0.2) is 66.5 Å². The SMILES string of the molecule is C.CCOC(=O)CCOc1ccc([C@@](C)(c2ccc(C)cc2)c2ccc(CC)cc2)cc1.COc1ccc([C@](C)(c2ccncc2)c2ccc(C)cc2)cc1.COc1ccc([C@](C)(c2ccncc2)c2ccc(C)cc2)cc1.Cc1ccc(C(C)(c2ccncc2)c2ccc(C)cc2)cc1.O=CCOO. The van der Waals surface area contributed by atoms with Crippen molar-refractivity contribution < 1.29 is 38.7 Å².